The Hall–Kier alpha value is -0.870. The number of aryl methyl sites for hydroxylation is 1. The lowest BCUT2D eigenvalue weighted by Gasteiger charge is -2.16. The van der Waals surface area contributed by atoms with Crippen LogP contribution in [0.15, 0.2) is 6.07 Å². The van der Waals surface area contributed by atoms with Gasteiger partial charge in [0.1, 0.15) is 0 Å². The zero-order valence-corrected chi connectivity index (χ0v) is 11.2. The van der Waals surface area contributed by atoms with Crippen molar-refractivity contribution in [2.24, 2.45) is 5.92 Å². The highest BCUT2D eigenvalue weighted by molar-refractivity contribution is 7.14. The first-order valence-electron chi connectivity index (χ1n) is 6.09. The smallest absolute Gasteiger partial charge is 0.263 e. The van der Waals surface area contributed by atoms with Gasteiger partial charge in [0.05, 0.1) is 11.5 Å². The molecule has 94 valence electrons. The fourth-order valence-corrected chi connectivity index (χ4v) is 3.45. The van der Waals surface area contributed by atoms with E-state index in [1.807, 2.05) is 6.07 Å². The first kappa shape index (κ1) is 12.6. The standard InChI is InChI=1S/C13H19NO2S/c1-9-3-4-11-10(7-9)8-12(17-11)13(16)14(2)5-6-15/h8-9,15H,3-7H2,1-2H3. The first-order chi connectivity index (χ1) is 8.11. The summed E-state index contributed by atoms with van der Waals surface area (Å²) in [5.74, 6) is 0.765. The van der Waals surface area contributed by atoms with Crippen LogP contribution in [-0.4, -0.2) is 36.1 Å². The number of nitrogens with zero attached hydrogens (tertiary/aromatic N) is 1. The van der Waals surface area contributed by atoms with Crippen LogP contribution >= 0.6 is 11.3 Å². The maximum Gasteiger partial charge on any atom is 0.263 e. The van der Waals surface area contributed by atoms with Gasteiger partial charge >= 0.3 is 0 Å². The second-order valence-electron chi connectivity index (χ2n) is 4.86. The number of amides is 1. The van der Waals surface area contributed by atoms with Crippen molar-refractivity contribution in [3.8, 4) is 0 Å². The molecule has 1 atom stereocenters. The minimum absolute atomic E-state index is 0.0182. The molecule has 0 aromatic carbocycles. The van der Waals surface area contributed by atoms with Gasteiger partial charge in [0, 0.05) is 18.5 Å². The van der Waals surface area contributed by atoms with E-state index in [1.165, 1.54) is 16.9 Å². The van der Waals surface area contributed by atoms with Crippen molar-refractivity contribution in [2.45, 2.75) is 26.2 Å². The van der Waals surface area contributed by atoms with Crippen LogP contribution in [0.4, 0.5) is 0 Å². The summed E-state index contributed by atoms with van der Waals surface area (Å²) in [6.45, 7) is 2.68. The third kappa shape index (κ3) is 2.69. The number of aliphatic hydroxyl groups excluding tert-OH is 1. The molecule has 0 saturated heterocycles. The van der Waals surface area contributed by atoms with Crippen LogP contribution < -0.4 is 0 Å². The van der Waals surface area contributed by atoms with E-state index in [0.717, 1.165) is 23.6 Å². The molecule has 2 rings (SSSR count). The number of hydrogen-bond donors (Lipinski definition) is 1. The van der Waals surface area contributed by atoms with E-state index in [1.54, 1.807) is 23.3 Å². The number of aliphatic hydroxyl groups is 1. The molecule has 1 aliphatic rings. The lowest BCUT2D eigenvalue weighted by Crippen LogP contribution is -2.28. The zero-order chi connectivity index (χ0) is 12.4. The predicted molar refractivity (Wildman–Crippen MR) is 69.6 cm³/mol. The highest BCUT2D eigenvalue weighted by atomic mass is 32.1. The number of carbonyl (C=O) groups excluding carboxylic acids is 1. The van der Waals surface area contributed by atoms with Gasteiger partial charge in [0.2, 0.25) is 0 Å². The first-order valence-corrected chi connectivity index (χ1v) is 6.91. The summed E-state index contributed by atoms with van der Waals surface area (Å²) >= 11 is 1.63. The molecule has 0 fully saturated rings. The van der Waals surface area contributed by atoms with Gasteiger partial charge in [0.25, 0.3) is 5.91 Å². The Kier molecular flexibility index (Phi) is 3.84. The largest absolute Gasteiger partial charge is 0.395 e. The molecule has 1 unspecified atom stereocenters. The lowest BCUT2D eigenvalue weighted by molar-refractivity contribution is 0.0771. The average Bonchev–Trinajstić information content (AvgIpc) is 2.71. The van der Waals surface area contributed by atoms with Crippen LogP contribution in [0.2, 0.25) is 0 Å². The van der Waals surface area contributed by atoms with E-state index in [-0.39, 0.29) is 12.5 Å². The third-order valence-corrected chi connectivity index (χ3v) is 4.55. The molecule has 1 N–H and O–H groups in total. The fourth-order valence-electron chi connectivity index (χ4n) is 2.25. The summed E-state index contributed by atoms with van der Waals surface area (Å²) in [6, 6.07) is 2.05. The summed E-state index contributed by atoms with van der Waals surface area (Å²) in [5, 5.41) is 8.84. The van der Waals surface area contributed by atoms with Gasteiger partial charge < -0.3 is 10.0 Å². The van der Waals surface area contributed by atoms with Gasteiger partial charge in [-0.1, -0.05) is 6.92 Å². The Morgan fingerprint density at radius 2 is 2.41 bits per heavy atom. The summed E-state index contributed by atoms with van der Waals surface area (Å²) in [4.78, 5) is 15.8. The number of thiophene rings is 1. The molecule has 1 aromatic rings. The summed E-state index contributed by atoms with van der Waals surface area (Å²) < 4.78 is 0. The molecule has 4 heteroatoms. The Morgan fingerprint density at radius 3 is 3.12 bits per heavy atom. The molecule has 1 amide bonds. The minimum atomic E-state index is 0.0182. The topological polar surface area (TPSA) is 40.5 Å². The highest BCUT2D eigenvalue weighted by Gasteiger charge is 2.21. The number of carbonyl (C=O) groups is 1. The Labute approximate surface area is 106 Å². The summed E-state index contributed by atoms with van der Waals surface area (Å²) in [7, 11) is 1.74. The number of likely N-dealkylation sites (N-methyl/N-ethyl adjacent to an activating group) is 1. The second-order valence-corrected chi connectivity index (χ2v) is 5.99. The van der Waals surface area contributed by atoms with E-state index >= 15 is 0 Å². The summed E-state index contributed by atoms with van der Waals surface area (Å²) in [5.41, 5.74) is 1.36. The van der Waals surface area contributed by atoms with Crippen molar-refractivity contribution in [2.75, 3.05) is 20.2 Å². The van der Waals surface area contributed by atoms with Crippen molar-refractivity contribution < 1.29 is 9.90 Å². The molecule has 0 saturated carbocycles. The summed E-state index contributed by atoms with van der Waals surface area (Å²) in [6.07, 6.45) is 3.44. The molecule has 1 aromatic heterocycles. The van der Waals surface area contributed by atoms with Gasteiger partial charge in [-0.25, -0.2) is 0 Å². The Bertz CT molecular complexity index is 414. The van der Waals surface area contributed by atoms with Crippen LogP contribution in [0.25, 0.3) is 0 Å². The van der Waals surface area contributed by atoms with Crippen LogP contribution in [0.3, 0.4) is 0 Å². The molecule has 0 spiro atoms. The molecule has 0 bridgehead atoms. The number of rotatable bonds is 3. The van der Waals surface area contributed by atoms with Crippen LogP contribution in [0.5, 0.6) is 0 Å². The van der Waals surface area contributed by atoms with E-state index in [2.05, 4.69) is 6.92 Å². The van der Waals surface area contributed by atoms with Gasteiger partial charge in [-0.3, -0.25) is 4.79 Å². The molecule has 0 radical (unpaired) electrons. The van der Waals surface area contributed by atoms with Crippen molar-refractivity contribution in [3.05, 3.63) is 21.4 Å². The van der Waals surface area contributed by atoms with E-state index in [9.17, 15) is 4.79 Å². The monoisotopic (exact) mass is 253 g/mol. The van der Waals surface area contributed by atoms with Crippen LogP contribution in [0, 0.1) is 5.92 Å². The average molecular weight is 253 g/mol. The van der Waals surface area contributed by atoms with Gasteiger partial charge in [-0.05, 0) is 36.8 Å². The van der Waals surface area contributed by atoms with Gasteiger partial charge in [-0.15, -0.1) is 11.3 Å². The molecule has 1 heterocycles. The minimum Gasteiger partial charge on any atom is -0.395 e. The molecular formula is C13H19NO2S. The van der Waals surface area contributed by atoms with Gasteiger partial charge in [-0.2, -0.15) is 0 Å². The van der Waals surface area contributed by atoms with Crippen molar-refractivity contribution in [1.82, 2.24) is 4.90 Å². The zero-order valence-electron chi connectivity index (χ0n) is 10.4. The molecule has 0 aliphatic heterocycles. The van der Waals surface area contributed by atoms with E-state index < -0.39 is 0 Å². The lowest BCUT2D eigenvalue weighted by atomic mass is 9.90. The third-order valence-electron chi connectivity index (χ3n) is 3.32. The number of hydrogen-bond acceptors (Lipinski definition) is 3. The van der Waals surface area contributed by atoms with Crippen LogP contribution in [-0.2, 0) is 12.8 Å². The number of fused-ring (bicyclic) bond motifs is 1. The van der Waals surface area contributed by atoms with Crippen molar-refractivity contribution in [1.29, 1.82) is 0 Å². The van der Waals surface area contributed by atoms with Crippen LogP contribution in [0.1, 0.15) is 33.5 Å². The molecule has 1 aliphatic carbocycles. The van der Waals surface area contributed by atoms with Crippen molar-refractivity contribution >= 4 is 17.2 Å². The fraction of sp³-hybridized carbons (Fsp3) is 0.615. The maximum atomic E-state index is 12.1. The van der Waals surface area contributed by atoms with Crippen molar-refractivity contribution in [3.63, 3.8) is 0 Å². The Morgan fingerprint density at radius 1 is 1.65 bits per heavy atom. The van der Waals surface area contributed by atoms with E-state index in [4.69, 9.17) is 5.11 Å². The highest BCUT2D eigenvalue weighted by Crippen LogP contribution is 2.32. The maximum absolute atomic E-state index is 12.1. The second kappa shape index (κ2) is 5.19. The Balaban J connectivity index is 2.15. The quantitative estimate of drug-likeness (QED) is 0.894. The normalized spacial score (nSPS) is 18.9. The molecule has 17 heavy (non-hydrogen) atoms. The SMILES string of the molecule is CC1CCc2sc(C(=O)N(C)CCO)cc2C1. The molecule has 3 nitrogen and oxygen atoms in total. The molecular weight excluding hydrogens is 234 g/mol. The van der Waals surface area contributed by atoms with Gasteiger partial charge in [0.15, 0.2) is 0 Å². The predicted octanol–water partition coefficient (Wildman–Crippen LogP) is 1.94. The van der Waals surface area contributed by atoms with E-state index in [0.29, 0.717) is 6.54 Å².